The summed E-state index contributed by atoms with van der Waals surface area (Å²) >= 11 is 0. The molecule has 8 nitrogen and oxygen atoms in total. The van der Waals surface area contributed by atoms with E-state index < -0.39 is 0 Å². The average molecular weight is 303 g/mol. The van der Waals surface area contributed by atoms with Crippen molar-refractivity contribution in [2.45, 2.75) is 45.0 Å². The molecule has 1 saturated heterocycles. The molecule has 1 aliphatic carbocycles. The molecule has 22 heavy (non-hydrogen) atoms. The standard InChI is InChI=1S/C14H21N7O/c1-11-6-15-20(7-11)9-13-8-19(4-5-22-13)10-14-16-17-18-21(14)12-2-3-12/h6-7,12-13H,2-5,8-10H2,1H3/t13-/m1/s1. The van der Waals surface area contributed by atoms with E-state index in [1.54, 1.807) is 0 Å². The Labute approximate surface area is 129 Å². The summed E-state index contributed by atoms with van der Waals surface area (Å²) in [6, 6.07) is 0.522. The Bertz CT molecular complexity index is 633. The van der Waals surface area contributed by atoms with Gasteiger partial charge in [-0.2, -0.15) is 5.10 Å². The van der Waals surface area contributed by atoms with Crippen LogP contribution in [0.25, 0.3) is 0 Å². The second kappa shape index (κ2) is 5.77. The number of nitrogens with zero attached hydrogens (tertiary/aromatic N) is 7. The maximum absolute atomic E-state index is 5.87. The van der Waals surface area contributed by atoms with Gasteiger partial charge in [0.25, 0.3) is 0 Å². The topological polar surface area (TPSA) is 73.9 Å². The summed E-state index contributed by atoms with van der Waals surface area (Å²) < 4.78 is 9.81. The summed E-state index contributed by atoms with van der Waals surface area (Å²) in [5.41, 5.74) is 1.18. The van der Waals surface area contributed by atoms with Crippen LogP contribution in [0.15, 0.2) is 12.4 Å². The maximum atomic E-state index is 5.87. The van der Waals surface area contributed by atoms with Gasteiger partial charge in [-0.05, 0) is 35.8 Å². The summed E-state index contributed by atoms with van der Waals surface area (Å²) in [6.07, 6.45) is 6.49. The fraction of sp³-hybridized carbons (Fsp3) is 0.714. The molecule has 8 heteroatoms. The summed E-state index contributed by atoms with van der Waals surface area (Å²) in [5.74, 6) is 0.970. The van der Waals surface area contributed by atoms with E-state index in [9.17, 15) is 0 Å². The molecule has 0 aromatic carbocycles. The minimum Gasteiger partial charge on any atom is -0.374 e. The van der Waals surface area contributed by atoms with E-state index in [2.05, 4.69) is 38.6 Å². The van der Waals surface area contributed by atoms with Crippen molar-refractivity contribution in [1.82, 2.24) is 34.9 Å². The predicted molar refractivity (Wildman–Crippen MR) is 78.1 cm³/mol. The molecule has 0 spiro atoms. The van der Waals surface area contributed by atoms with Crippen LogP contribution in [0.3, 0.4) is 0 Å². The number of rotatable bonds is 5. The lowest BCUT2D eigenvalue weighted by molar-refractivity contribution is -0.0412. The summed E-state index contributed by atoms with van der Waals surface area (Å²) in [4.78, 5) is 2.37. The quantitative estimate of drug-likeness (QED) is 0.797. The van der Waals surface area contributed by atoms with E-state index >= 15 is 0 Å². The SMILES string of the molecule is Cc1cnn(C[C@H]2CN(Cc3nnnn3C3CC3)CCO2)c1. The van der Waals surface area contributed by atoms with Gasteiger partial charge in [0.15, 0.2) is 5.82 Å². The molecule has 2 aliphatic rings. The van der Waals surface area contributed by atoms with Crippen molar-refractivity contribution in [3.63, 3.8) is 0 Å². The summed E-state index contributed by atoms with van der Waals surface area (Å²) in [6.45, 7) is 6.19. The molecule has 4 rings (SSSR count). The molecule has 2 aromatic rings. The fourth-order valence-corrected chi connectivity index (χ4v) is 2.93. The number of hydrogen-bond acceptors (Lipinski definition) is 6. The molecule has 2 aromatic heterocycles. The predicted octanol–water partition coefficient (Wildman–Crippen LogP) is 0.414. The highest BCUT2D eigenvalue weighted by Gasteiger charge is 2.29. The van der Waals surface area contributed by atoms with Gasteiger partial charge in [-0.25, -0.2) is 4.68 Å². The first-order chi connectivity index (χ1) is 10.8. The molecular weight excluding hydrogens is 282 g/mol. The second-order valence-corrected chi connectivity index (χ2v) is 6.24. The van der Waals surface area contributed by atoms with Crippen molar-refractivity contribution < 1.29 is 4.74 Å². The van der Waals surface area contributed by atoms with Crippen molar-refractivity contribution in [3.05, 3.63) is 23.8 Å². The summed E-state index contributed by atoms with van der Waals surface area (Å²) in [7, 11) is 0. The van der Waals surface area contributed by atoms with E-state index in [1.807, 2.05) is 15.6 Å². The Morgan fingerprint density at radius 2 is 2.27 bits per heavy atom. The first kappa shape index (κ1) is 13.8. The molecule has 0 N–H and O–H groups in total. The van der Waals surface area contributed by atoms with Crippen LogP contribution in [-0.2, 0) is 17.8 Å². The molecule has 118 valence electrons. The molecule has 1 aliphatic heterocycles. The number of morpholine rings is 1. The lowest BCUT2D eigenvalue weighted by Gasteiger charge is -2.32. The zero-order chi connectivity index (χ0) is 14.9. The van der Waals surface area contributed by atoms with E-state index in [0.29, 0.717) is 6.04 Å². The Balaban J connectivity index is 1.37. The van der Waals surface area contributed by atoms with Gasteiger partial charge in [-0.15, -0.1) is 5.10 Å². The van der Waals surface area contributed by atoms with Crippen LogP contribution >= 0.6 is 0 Å². The second-order valence-electron chi connectivity index (χ2n) is 6.24. The first-order valence-corrected chi connectivity index (χ1v) is 7.87. The van der Waals surface area contributed by atoms with Gasteiger partial charge >= 0.3 is 0 Å². The van der Waals surface area contributed by atoms with E-state index in [1.165, 1.54) is 18.4 Å². The molecule has 3 heterocycles. The molecule has 1 saturated carbocycles. The van der Waals surface area contributed by atoms with Gasteiger partial charge in [0.2, 0.25) is 0 Å². The average Bonchev–Trinajstić information content (AvgIpc) is 3.12. The van der Waals surface area contributed by atoms with Gasteiger partial charge in [0, 0.05) is 19.3 Å². The third kappa shape index (κ3) is 3.02. The molecule has 0 unspecified atom stereocenters. The third-order valence-corrected chi connectivity index (χ3v) is 4.19. The zero-order valence-corrected chi connectivity index (χ0v) is 12.8. The van der Waals surface area contributed by atoms with Crippen LogP contribution in [0.4, 0.5) is 0 Å². The fourth-order valence-electron chi connectivity index (χ4n) is 2.93. The normalized spacial score (nSPS) is 23.0. The molecular formula is C14H21N7O. The van der Waals surface area contributed by atoms with Crippen molar-refractivity contribution >= 4 is 0 Å². The van der Waals surface area contributed by atoms with E-state index in [-0.39, 0.29) is 6.10 Å². The van der Waals surface area contributed by atoms with E-state index in [0.717, 1.165) is 38.6 Å². The van der Waals surface area contributed by atoms with Crippen LogP contribution in [0.2, 0.25) is 0 Å². The highest BCUT2D eigenvalue weighted by Crippen LogP contribution is 2.34. The van der Waals surface area contributed by atoms with E-state index in [4.69, 9.17) is 4.74 Å². The van der Waals surface area contributed by atoms with Crippen LogP contribution in [0.5, 0.6) is 0 Å². The minimum atomic E-state index is 0.165. The first-order valence-electron chi connectivity index (χ1n) is 7.87. The number of ether oxygens (including phenoxy) is 1. The van der Waals surface area contributed by atoms with Crippen molar-refractivity contribution in [3.8, 4) is 0 Å². The van der Waals surface area contributed by atoms with Crippen LogP contribution in [-0.4, -0.2) is 60.7 Å². The van der Waals surface area contributed by atoms with Gasteiger partial charge in [-0.3, -0.25) is 9.58 Å². The van der Waals surface area contributed by atoms with Crippen LogP contribution in [0, 0.1) is 6.92 Å². The van der Waals surface area contributed by atoms with Crippen LogP contribution < -0.4 is 0 Å². The molecule has 0 bridgehead atoms. The Morgan fingerprint density at radius 3 is 3.05 bits per heavy atom. The maximum Gasteiger partial charge on any atom is 0.165 e. The lowest BCUT2D eigenvalue weighted by atomic mass is 10.2. The van der Waals surface area contributed by atoms with Crippen molar-refractivity contribution in [1.29, 1.82) is 0 Å². The van der Waals surface area contributed by atoms with Gasteiger partial charge in [0.05, 0.1) is 38.0 Å². The number of tetrazole rings is 1. The Morgan fingerprint density at radius 1 is 1.36 bits per heavy atom. The Hall–Kier alpha value is -1.80. The van der Waals surface area contributed by atoms with Gasteiger partial charge in [0.1, 0.15) is 0 Å². The number of aromatic nitrogens is 6. The third-order valence-electron chi connectivity index (χ3n) is 4.19. The van der Waals surface area contributed by atoms with Gasteiger partial charge in [-0.1, -0.05) is 0 Å². The number of hydrogen-bond donors (Lipinski definition) is 0. The smallest absolute Gasteiger partial charge is 0.165 e. The molecule has 1 atom stereocenters. The zero-order valence-electron chi connectivity index (χ0n) is 12.8. The minimum absolute atomic E-state index is 0.165. The highest BCUT2D eigenvalue weighted by molar-refractivity contribution is 4.99. The van der Waals surface area contributed by atoms with Crippen molar-refractivity contribution in [2.75, 3.05) is 19.7 Å². The monoisotopic (exact) mass is 303 g/mol. The highest BCUT2D eigenvalue weighted by atomic mass is 16.5. The molecule has 2 fully saturated rings. The molecule has 0 radical (unpaired) electrons. The van der Waals surface area contributed by atoms with Crippen LogP contribution in [0.1, 0.15) is 30.3 Å². The number of aryl methyl sites for hydroxylation is 1. The molecule has 0 amide bonds. The van der Waals surface area contributed by atoms with Crippen molar-refractivity contribution in [2.24, 2.45) is 0 Å². The summed E-state index contributed by atoms with van der Waals surface area (Å²) in [5, 5.41) is 16.5. The Kier molecular flexibility index (Phi) is 3.63. The lowest BCUT2D eigenvalue weighted by Crippen LogP contribution is -2.44. The largest absolute Gasteiger partial charge is 0.374 e. The van der Waals surface area contributed by atoms with Gasteiger partial charge < -0.3 is 4.74 Å².